The molecule has 0 saturated carbocycles. The Bertz CT molecular complexity index is 589. The normalized spacial score (nSPS) is 27.0. The summed E-state index contributed by atoms with van der Waals surface area (Å²) < 4.78 is 11.0. The maximum atomic E-state index is 11.5. The van der Waals surface area contributed by atoms with Crippen molar-refractivity contribution in [2.24, 2.45) is 0 Å². The molecule has 0 unspecified atom stereocenters. The molecule has 1 aliphatic rings. The number of ether oxygens (including phenoxy) is 2. The highest BCUT2D eigenvalue weighted by Crippen LogP contribution is 2.38. The predicted octanol–water partition coefficient (Wildman–Crippen LogP) is 3.05. The fourth-order valence-corrected chi connectivity index (χ4v) is 3.32. The van der Waals surface area contributed by atoms with Crippen molar-refractivity contribution >= 4 is 24.3 Å². The van der Waals surface area contributed by atoms with Gasteiger partial charge in [0, 0.05) is 32.9 Å². The number of rotatable bonds is 3. The van der Waals surface area contributed by atoms with Crippen LogP contribution in [0, 0.1) is 6.92 Å². The predicted molar refractivity (Wildman–Crippen MR) is 94.1 cm³/mol. The lowest BCUT2D eigenvalue weighted by Crippen LogP contribution is -2.58. The zero-order valence-electron chi connectivity index (χ0n) is 14.9. The molecule has 1 aromatic rings. The average Bonchev–Trinajstić information content (AvgIpc) is 2.41. The van der Waals surface area contributed by atoms with Gasteiger partial charge in [-0.05, 0) is 26.5 Å². The van der Waals surface area contributed by atoms with Crippen molar-refractivity contribution in [2.75, 3.05) is 13.6 Å². The molecule has 1 saturated heterocycles. The Balaban J connectivity index is 0.00000288. The molecule has 2 rings (SSSR count). The third-order valence-electron chi connectivity index (χ3n) is 4.36. The molecule has 5 nitrogen and oxygen atoms in total. The molecule has 0 aromatic heterocycles. The number of nitrogens with zero attached hydrogens (tertiary/aromatic N) is 1. The van der Waals surface area contributed by atoms with E-state index >= 15 is 0 Å². The molecule has 1 aliphatic heterocycles. The number of likely N-dealkylation sites (N-methyl/N-ethyl adjacent to an activating group) is 1. The number of benzene rings is 1. The Morgan fingerprint density at radius 3 is 2.25 bits per heavy atom. The fourth-order valence-electron chi connectivity index (χ4n) is 3.32. The highest BCUT2D eigenvalue weighted by atomic mass is 35.5. The second-order valence-corrected chi connectivity index (χ2v) is 6.58. The van der Waals surface area contributed by atoms with Crippen LogP contribution in [0.1, 0.15) is 44.4 Å². The van der Waals surface area contributed by atoms with E-state index in [0.717, 1.165) is 0 Å². The number of aryl methyl sites for hydroxylation is 1. The maximum Gasteiger partial charge on any atom is 0.303 e. The second-order valence-electron chi connectivity index (χ2n) is 6.58. The van der Waals surface area contributed by atoms with Gasteiger partial charge in [-0.3, -0.25) is 14.5 Å². The first-order valence-corrected chi connectivity index (χ1v) is 7.85. The van der Waals surface area contributed by atoms with Crippen LogP contribution in [-0.2, 0) is 19.1 Å². The lowest BCUT2D eigenvalue weighted by molar-refractivity contribution is -0.195. The van der Waals surface area contributed by atoms with E-state index in [1.165, 1.54) is 25.0 Å². The van der Waals surface area contributed by atoms with Gasteiger partial charge in [0.2, 0.25) is 0 Å². The SMILES string of the molecule is CC(=O)O[C@H]1C[C@@H](c2ccc(C)cc2)N(C)C[C@@]1(C)OC(C)=O.Cl. The van der Waals surface area contributed by atoms with Crippen LogP contribution in [0.15, 0.2) is 24.3 Å². The number of carbonyl (C=O) groups is 2. The van der Waals surface area contributed by atoms with Gasteiger partial charge in [-0.25, -0.2) is 0 Å². The number of halogens is 1. The summed E-state index contributed by atoms with van der Waals surface area (Å²) in [7, 11) is 2.00. The third-order valence-corrected chi connectivity index (χ3v) is 4.36. The Labute approximate surface area is 149 Å². The van der Waals surface area contributed by atoms with Gasteiger partial charge in [-0.1, -0.05) is 29.8 Å². The number of likely N-dealkylation sites (tertiary alicyclic amines) is 1. The summed E-state index contributed by atoms with van der Waals surface area (Å²) in [6.45, 7) is 7.14. The van der Waals surface area contributed by atoms with E-state index in [0.29, 0.717) is 13.0 Å². The van der Waals surface area contributed by atoms with Crippen LogP contribution in [0.5, 0.6) is 0 Å². The number of esters is 2. The quantitative estimate of drug-likeness (QED) is 0.780. The Morgan fingerprint density at radius 1 is 1.17 bits per heavy atom. The summed E-state index contributed by atoms with van der Waals surface area (Å²) in [5, 5.41) is 0. The molecular weight excluding hydrogens is 330 g/mol. The second kappa shape index (κ2) is 7.99. The van der Waals surface area contributed by atoms with E-state index < -0.39 is 11.7 Å². The first kappa shape index (κ1) is 20.5. The van der Waals surface area contributed by atoms with Crippen molar-refractivity contribution in [3.05, 3.63) is 35.4 Å². The smallest absolute Gasteiger partial charge is 0.303 e. The van der Waals surface area contributed by atoms with Crippen LogP contribution >= 0.6 is 12.4 Å². The van der Waals surface area contributed by atoms with E-state index in [4.69, 9.17) is 9.47 Å². The van der Waals surface area contributed by atoms with Crippen molar-refractivity contribution in [1.29, 1.82) is 0 Å². The minimum absolute atomic E-state index is 0. The fraction of sp³-hybridized carbons (Fsp3) is 0.556. The minimum atomic E-state index is -0.840. The lowest BCUT2D eigenvalue weighted by atomic mass is 9.84. The number of piperidine rings is 1. The van der Waals surface area contributed by atoms with E-state index in [2.05, 4.69) is 29.2 Å². The van der Waals surface area contributed by atoms with Crippen LogP contribution in [0.4, 0.5) is 0 Å². The molecule has 0 bridgehead atoms. The van der Waals surface area contributed by atoms with Gasteiger partial charge >= 0.3 is 11.9 Å². The molecular formula is C18H26ClNO4. The highest BCUT2D eigenvalue weighted by Gasteiger charge is 2.47. The Morgan fingerprint density at radius 2 is 1.75 bits per heavy atom. The summed E-state index contributed by atoms with van der Waals surface area (Å²) >= 11 is 0. The average molecular weight is 356 g/mol. The van der Waals surface area contributed by atoms with Gasteiger partial charge in [0.05, 0.1) is 0 Å². The summed E-state index contributed by atoms with van der Waals surface area (Å²) in [5.41, 5.74) is 1.53. The van der Waals surface area contributed by atoms with E-state index in [9.17, 15) is 9.59 Å². The molecule has 0 N–H and O–H groups in total. The maximum absolute atomic E-state index is 11.5. The largest absolute Gasteiger partial charge is 0.458 e. The summed E-state index contributed by atoms with van der Waals surface area (Å²) in [4.78, 5) is 25.1. The monoisotopic (exact) mass is 355 g/mol. The lowest BCUT2D eigenvalue weighted by Gasteiger charge is -2.47. The molecule has 134 valence electrons. The minimum Gasteiger partial charge on any atom is -0.458 e. The van der Waals surface area contributed by atoms with E-state index in [1.54, 1.807) is 0 Å². The molecule has 1 fully saturated rings. The third kappa shape index (κ3) is 4.71. The van der Waals surface area contributed by atoms with Crippen LogP contribution in [0.3, 0.4) is 0 Å². The first-order valence-electron chi connectivity index (χ1n) is 7.85. The number of hydrogen-bond acceptors (Lipinski definition) is 5. The molecule has 3 atom stereocenters. The Hall–Kier alpha value is -1.59. The molecule has 0 amide bonds. The molecule has 1 heterocycles. The molecule has 0 aliphatic carbocycles. The van der Waals surface area contributed by atoms with Gasteiger partial charge in [0.1, 0.15) is 6.10 Å². The number of carbonyl (C=O) groups excluding carboxylic acids is 2. The zero-order chi connectivity index (χ0) is 17.2. The summed E-state index contributed by atoms with van der Waals surface area (Å²) in [6, 6.07) is 8.45. The number of hydrogen-bond donors (Lipinski definition) is 0. The molecule has 24 heavy (non-hydrogen) atoms. The van der Waals surface area contributed by atoms with Crippen LogP contribution in [0.2, 0.25) is 0 Å². The molecule has 0 radical (unpaired) electrons. The molecule has 0 spiro atoms. The topological polar surface area (TPSA) is 55.8 Å². The van der Waals surface area contributed by atoms with Crippen molar-refractivity contribution in [3.8, 4) is 0 Å². The summed E-state index contributed by atoms with van der Waals surface area (Å²) in [6.07, 6.45) is 0.120. The van der Waals surface area contributed by atoms with Crippen LogP contribution in [0.25, 0.3) is 0 Å². The van der Waals surface area contributed by atoms with Crippen molar-refractivity contribution in [1.82, 2.24) is 4.90 Å². The van der Waals surface area contributed by atoms with E-state index in [-0.39, 0.29) is 30.4 Å². The van der Waals surface area contributed by atoms with Gasteiger partial charge in [-0.15, -0.1) is 12.4 Å². The van der Waals surface area contributed by atoms with E-state index in [1.807, 2.05) is 20.9 Å². The first-order chi connectivity index (χ1) is 10.7. The van der Waals surface area contributed by atoms with Gasteiger partial charge in [0.15, 0.2) is 5.60 Å². The summed E-state index contributed by atoms with van der Waals surface area (Å²) in [5.74, 6) is -0.729. The van der Waals surface area contributed by atoms with Crippen molar-refractivity contribution in [2.45, 2.75) is 51.9 Å². The van der Waals surface area contributed by atoms with Crippen LogP contribution < -0.4 is 0 Å². The van der Waals surface area contributed by atoms with Crippen molar-refractivity contribution in [3.63, 3.8) is 0 Å². The van der Waals surface area contributed by atoms with Crippen molar-refractivity contribution < 1.29 is 19.1 Å². The molecule has 6 heteroatoms. The van der Waals surface area contributed by atoms with Crippen LogP contribution in [-0.4, -0.2) is 42.1 Å². The van der Waals surface area contributed by atoms with Gasteiger partial charge in [0.25, 0.3) is 0 Å². The van der Waals surface area contributed by atoms with Gasteiger partial charge < -0.3 is 9.47 Å². The Kier molecular flexibility index (Phi) is 6.81. The zero-order valence-corrected chi connectivity index (χ0v) is 15.7. The molecule has 1 aromatic carbocycles. The standard InChI is InChI=1S/C18H25NO4.ClH/c1-12-6-8-15(9-7-12)16-10-17(22-13(2)20)18(4,11-19(16)5)23-14(3)21;/h6-9,16-17H,10-11H2,1-5H3;1H/t16-,17-,18+;/m0./s1. The highest BCUT2D eigenvalue weighted by molar-refractivity contribution is 5.85. The van der Waals surface area contributed by atoms with Gasteiger partial charge in [-0.2, -0.15) is 0 Å².